The normalized spacial score (nSPS) is 11.8. The molecule has 1 N–H and O–H groups in total. The number of benzene rings is 1. The number of fused-ring (bicyclic) bond motifs is 1. The van der Waals surface area contributed by atoms with Crippen LogP contribution >= 0.6 is 0 Å². The van der Waals surface area contributed by atoms with Crippen molar-refractivity contribution in [1.29, 1.82) is 0 Å². The molecule has 0 spiro atoms. The molecule has 0 radical (unpaired) electrons. The Hall–Kier alpha value is -2.41. The number of nitrogens with one attached hydrogen (secondary N) is 1. The predicted molar refractivity (Wildman–Crippen MR) is 98.5 cm³/mol. The van der Waals surface area contributed by atoms with Crippen LogP contribution in [0.3, 0.4) is 0 Å². The molecule has 7 heteroatoms. The number of anilines is 1. The van der Waals surface area contributed by atoms with Gasteiger partial charge in [0.15, 0.2) is 0 Å². The van der Waals surface area contributed by atoms with Crippen molar-refractivity contribution in [2.24, 2.45) is 0 Å². The average molecular weight is 361 g/mol. The highest BCUT2D eigenvalue weighted by molar-refractivity contribution is 7.92. The van der Waals surface area contributed by atoms with Crippen molar-refractivity contribution in [2.75, 3.05) is 10.5 Å². The van der Waals surface area contributed by atoms with E-state index < -0.39 is 15.8 Å². The fourth-order valence-electron chi connectivity index (χ4n) is 2.77. The van der Waals surface area contributed by atoms with Crippen LogP contribution in [0, 0.1) is 5.82 Å². The smallest absolute Gasteiger partial charge is 0.232 e. The predicted octanol–water partition coefficient (Wildman–Crippen LogP) is 4.01. The van der Waals surface area contributed by atoms with Gasteiger partial charge < -0.3 is 4.57 Å². The van der Waals surface area contributed by atoms with Crippen molar-refractivity contribution >= 4 is 26.7 Å². The van der Waals surface area contributed by atoms with Gasteiger partial charge in [-0.05, 0) is 48.7 Å². The highest BCUT2D eigenvalue weighted by Gasteiger charge is 2.13. The Bertz CT molecular complexity index is 1010. The molecule has 132 valence electrons. The van der Waals surface area contributed by atoms with Gasteiger partial charge in [0, 0.05) is 24.3 Å². The van der Waals surface area contributed by atoms with Crippen LogP contribution in [0.1, 0.15) is 20.3 Å². The van der Waals surface area contributed by atoms with Gasteiger partial charge in [0.2, 0.25) is 10.0 Å². The molecular formula is C18H20FN3O2S. The average Bonchev–Trinajstić information content (AvgIpc) is 3.00. The minimum Gasteiger partial charge on any atom is -0.333 e. The first-order valence-electron chi connectivity index (χ1n) is 8.19. The summed E-state index contributed by atoms with van der Waals surface area (Å²) in [6, 6.07) is 8.32. The molecule has 0 fully saturated rings. The molecule has 0 saturated heterocycles. The second-order valence-electron chi connectivity index (χ2n) is 5.81. The third-order valence-electron chi connectivity index (χ3n) is 4.05. The van der Waals surface area contributed by atoms with Crippen molar-refractivity contribution in [3.63, 3.8) is 0 Å². The topological polar surface area (TPSA) is 64.0 Å². The number of aromatic nitrogens is 2. The fraction of sp³-hybridized carbons (Fsp3) is 0.278. The van der Waals surface area contributed by atoms with Crippen LogP contribution in [0.25, 0.3) is 22.2 Å². The van der Waals surface area contributed by atoms with Gasteiger partial charge in [-0.2, -0.15) is 0 Å². The van der Waals surface area contributed by atoms with E-state index in [1.807, 2.05) is 18.3 Å². The maximum Gasteiger partial charge on any atom is 0.232 e. The number of nitrogens with zero attached hydrogens (tertiary/aromatic N) is 2. The van der Waals surface area contributed by atoms with E-state index in [2.05, 4.69) is 21.2 Å². The zero-order valence-corrected chi connectivity index (χ0v) is 15.0. The van der Waals surface area contributed by atoms with Gasteiger partial charge in [-0.1, -0.05) is 13.0 Å². The number of hydrogen-bond acceptors (Lipinski definition) is 3. The van der Waals surface area contributed by atoms with Crippen molar-refractivity contribution in [3.05, 3.63) is 48.5 Å². The molecule has 2 aromatic heterocycles. The van der Waals surface area contributed by atoms with E-state index in [9.17, 15) is 12.8 Å². The molecule has 3 aromatic rings. The third-order valence-corrected chi connectivity index (χ3v) is 5.34. The summed E-state index contributed by atoms with van der Waals surface area (Å²) in [7, 11) is -3.51. The van der Waals surface area contributed by atoms with Crippen LogP contribution in [0.2, 0.25) is 0 Å². The molecule has 0 atom stereocenters. The van der Waals surface area contributed by atoms with Crippen molar-refractivity contribution in [1.82, 2.24) is 9.55 Å². The van der Waals surface area contributed by atoms with E-state index in [0.717, 1.165) is 29.6 Å². The molecule has 3 rings (SSSR count). The highest BCUT2D eigenvalue weighted by atomic mass is 32.2. The number of halogens is 1. The van der Waals surface area contributed by atoms with E-state index in [1.165, 1.54) is 19.1 Å². The summed E-state index contributed by atoms with van der Waals surface area (Å²) in [5.41, 5.74) is 2.36. The molecule has 2 heterocycles. The molecule has 1 aromatic carbocycles. The van der Waals surface area contributed by atoms with E-state index in [0.29, 0.717) is 5.56 Å². The van der Waals surface area contributed by atoms with Crippen molar-refractivity contribution in [2.45, 2.75) is 26.8 Å². The van der Waals surface area contributed by atoms with E-state index in [4.69, 9.17) is 0 Å². The van der Waals surface area contributed by atoms with Gasteiger partial charge in [0.1, 0.15) is 11.5 Å². The summed E-state index contributed by atoms with van der Waals surface area (Å²) in [6.07, 6.45) is 4.68. The lowest BCUT2D eigenvalue weighted by Gasteiger charge is -2.10. The number of aryl methyl sites for hydroxylation is 1. The molecule has 0 aliphatic carbocycles. The van der Waals surface area contributed by atoms with E-state index in [1.54, 1.807) is 12.3 Å². The first-order valence-corrected chi connectivity index (χ1v) is 9.84. The van der Waals surface area contributed by atoms with Gasteiger partial charge in [-0.3, -0.25) is 4.72 Å². The molecule has 25 heavy (non-hydrogen) atoms. The van der Waals surface area contributed by atoms with Gasteiger partial charge in [0.25, 0.3) is 0 Å². The van der Waals surface area contributed by atoms with Crippen molar-refractivity contribution < 1.29 is 12.8 Å². The van der Waals surface area contributed by atoms with Gasteiger partial charge in [-0.25, -0.2) is 17.8 Å². The summed E-state index contributed by atoms with van der Waals surface area (Å²) < 4.78 is 42.0. The lowest BCUT2D eigenvalue weighted by atomic mass is 10.0. The first kappa shape index (κ1) is 17.4. The molecule has 0 aliphatic heterocycles. The number of hydrogen-bond donors (Lipinski definition) is 1. The van der Waals surface area contributed by atoms with Crippen LogP contribution in [0.5, 0.6) is 0 Å². The molecule has 0 aliphatic rings. The van der Waals surface area contributed by atoms with E-state index >= 15 is 0 Å². The molecule has 0 unspecified atom stereocenters. The Labute approximate surface area is 146 Å². The summed E-state index contributed by atoms with van der Waals surface area (Å²) in [6.45, 7) is 4.47. The van der Waals surface area contributed by atoms with Crippen LogP contribution in [-0.4, -0.2) is 23.7 Å². The largest absolute Gasteiger partial charge is 0.333 e. The van der Waals surface area contributed by atoms with Crippen LogP contribution in [0.15, 0.2) is 42.7 Å². The molecule has 0 bridgehead atoms. The summed E-state index contributed by atoms with van der Waals surface area (Å²) >= 11 is 0. The first-order chi connectivity index (χ1) is 11.9. The van der Waals surface area contributed by atoms with Crippen LogP contribution in [0.4, 0.5) is 10.1 Å². The van der Waals surface area contributed by atoms with Crippen molar-refractivity contribution in [3.8, 4) is 11.1 Å². The second kappa shape index (κ2) is 6.84. The Morgan fingerprint density at radius 2 is 2.00 bits per heavy atom. The Morgan fingerprint density at radius 1 is 1.20 bits per heavy atom. The molecule has 0 amide bonds. The van der Waals surface area contributed by atoms with Gasteiger partial charge in [0.05, 0.1) is 11.4 Å². The van der Waals surface area contributed by atoms with Crippen LogP contribution < -0.4 is 4.72 Å². The van der Waals surface area contributed by atoms with E-state index in [-0.39, 0.29) is 11.4 Å². The SMILES string of the molecule is CCCn1ccc2c(-c3ccc(NS(=O)(=O)CC)c(F)c3)ccnc21. The lowest BCUT2D eigenvalue weighted by molar-refractivity contribution is 0.599. The lowest BCUT2D eigenvalue weighted by Crippen LogP contribution is -2.15. The highest BCUT2D eigenvalue weighted by Crippen LogP contribution is 2.30. The van der Waals surface area contributed by atoms with Gasteiger partial charge in [-0.15, -0.1) is 0 Å². The summed E-state index contributed by atoms with van der Waals surface area (Å²) in [5.74, 6) is -0.711. The molecule has 0 saturated carbocycles. The zero-order valence-electron chi connectivity index (χ0n) is 14.2. The summed E-state index contributed by atoms with van der Waals surface area (Å²) in [5, 5.41) is 0.942. The van der Waals surface area contributed by atoms with Crippen LogP contribution in [-0.2, 0) is 16.6 Å². The minimum absolute atomic E-state index is 0.0422. The number of pyridine rings is 1. The number of rotatable bonds is 6. The zero-order chi connectivity index (χ0) is 18.0. The third kappa shape index (κ3) is 3.51. The minimum atomic E-state index is -3.51. The number of sulfonamides is 1. The quantitative estimate of drug-likeness (QED) is 0.721. The van der Waals surface area contributed by atoms with Gasteiger partial charge >= 0.3 is 0 Å². The Kier molecular flexibility index (Phi) is 4.76. The maximum absolute atomic E-state index is 14.4. The monoisotopic (exact) mass is 361 g/mol. The maximum atomic E-state index is 14.4. The molecular weight excluding hydrogens is 341 g/mol. The summed E-state index contributed by atoms with van der Waals surface area (Å²) in [4.78, 5) is 4.42. The fourth-order valence-corrected chi connectivity index (χ4v) is 3.41. The Morgan fingerprint density at radius 3 is 2.68 bits per heavy atom. The standard InChI is InChI=1S/C18H20FN3O2S/c1-3-10-22-11-8-15-14(7-9-20-18(15)22)13-5-6-17(16(19)12-13)21-25(23,24)4-2/h5-9,11-12,21H,3-4,10H2,1-2H3. The molecule has 5 nitrogen and oxygen atoms in total. The Balaban J connectivity index is 2.03. The second-order valence-corrected chi connectivity index (χ2v) is 7.82.